The van der Waals surface area contributed by atoms with Gasteiger partial charge in [0.2, 0.25) is 0 Å². The van der Waals surface area contributed by atoms with Crippen LogP contribution in [0, 0.1) is 37.1 Å². The second-order valence-corrected chi connectivity index (χ2v) is 23.7. The lowest BCUT2D eigenvalue weighted by molar-refractivity contribution is -0.915. The first kappa shape index (κ1) is 128. The zero-order chi connectivity index (χ0) is 71.9. The molecule has 22 heteroatoms. The molecule has 0 aromatic heterocycles. The van der Waals surface area contributed by atoms with Gasteiger partial charge in [0.1, 0.15) is 66.7 Å². The molecule has 0 amide bonds. The van der Waals surface area contributed by atoms with Gasteiger partial charge in [-0.1, -0.05) is 27.7 Å². The maximum absolute atomic E-state index is 10.9. The summed E-state index contributed by atoms with van der Waals surface area (Å²) in [5.74, 6) is 2.37. The van der Waals surface area contributed by atoms with Crippen LogP contribution in [0.5, 0.6) is 0 Å². The third kappa shape index (κ3) is 130. The highest BCUT2D eigenvalue weighted by Gasteiger charge is 2.22. The van der Waals surface area contributed by atoms with Gasteiger partial charge in [0.15, 0.2) is 23.1 Å². The van der Waals surface area contributed by atoms with Gasteiger partial charge >= 0.3 is 0 Å². The van der Waals surface area contributed by atoms with Gasteiger partial charge in [0, 0.05) is 27.7 Å². The number of carbonyl (C=O) groups is 11. The molecule has 0 spiro atoms. The van der Waals surface area contributed by atoms with Crippen molar-refractivity contribution in [2.45, 2.75) is 171 Å². The Labute approximate surface area is 572 Å². The molecule has 0 aliphatic rings. The largest absolute Gasteiger partial charge is 0.358 e. The summed E-state index contributed by atoms with van der Waals surface area (Å²) in [6.45, 7) is 54.3. The number of ketones is 11. The predicted molar refractivity (Wildman–Crippen MR) is 398 cm³/mol. The monoisotopic (exact) mass is 1330 g/mol. The molecule has 6 N–H and O–H groups in total. The smallest absolute Gasteiger partial charge is 0.183 e. The summed E-state index contributed by atoms with van der Waals surface area (Å²) < 4.78 is 3.34. The topological polar surface area (TPSA) is 268 Å². The van der Waals surface area contributed by atoms with Crippen LogP contribution in [0.3, 0.4) is 0 Å². The standard InChI is InChI=1S/C9H20NO.C8H18NO.C7H16NO.C7H15NO.C6H14NO.C6H13NO.3C5H11NO.C4H9NO.C3H7NO.5CH3/c1-5-10(6-2,7-3)8-9(4)11;1-5-9(4,6-2)7-8(3)10;1-5-8(3,4)6-7(2)9;1-4-8(5-2)6-7(3)9;1-6(8)5-7(2,3)4;1-4-6(7-3)5(2)8;1-5(7)4-6(2)3;1-4(6-3)5(2)7;1-3-6-4-5(2)7;1-4(6)3-5-2;1-3(5)2-4;;;;;/h5-8H2,1-4H3;5-7H2,1-4H3;5-6H2,1-4H3;4-6H2,1-3H3;5H2,1-4H3;6-7H,4H2,1-3H3;4H2,1-3H3;4,6H,1-3H3;6H,3-4H2,1-2H3;5H,3H2,1-2H3;2,4H2,1H3;5*1H3/q3*+1;;+1;;;;;;;5*-1. The van der Waals surface area contributed by atoms with E-state index in [0.29, 0.717) is 58.1 Å². The third-order valence-electron chi connectivity index (χ3n) is 12.4. The second-order valence-electron chi connectivity index (χ2n) is 23.7. The highest BCUT2D eigenvalue weighted by Crippen LogP contribution is 2.05. The Morgan fingerprint density at radius 3 is 0.826 bits per heavy atom. The first-order valence-electron chi connectivity index (χ1n) is 31.1. The molecular weight excluding hydrogens is 1170 g/mol. The van der Waals surface area contributed by atoms with Crippen LogP contribution in [-0.4, -0.2) is 299 Å². The van der Waals surface area contributed by atoms with Gasteiger partial charge in [-0.15, -0.1) is 0 Å². The van der Waals surface area contributed by atoms with Crippen molar-refractivity contribution in [2.24, 2.45) is 5.73 Å². The van der Waals surface area contributed by atoms with Crippen LogP contribution < -0.4 is 27.0 Å². The summed E-state index contributed by atoms with van der Waals surface area (Å²) >= 11 is 0. The molecule has 0 saturated heterocycles. The van der Waals surface area contributed by atoms with Gasteiger partial charge in [-0.05, 0) is 158 Å². The lowest BCUT2D eigenvalue weighted by Crippen LogP contribution is -2.50. The van der Waals surface area contributed by atoms with E-state index in [1.54, 1.807) is 90.4 Å². The zero-order valence-corrected chi connectivity index (χ0v) is 67.8. The van der Waals surface area contributed by atoms with Crippen LogP contribution in [0.1, 0.15) is 159 Å². The van der Waals surface area contributed by atoms with Crippen molar-refractivity contribution in [3.05, 3.63) is 37.1 Å². The van der Waals surface area contributed by atoms with E-state index in [1.807, 2.05) is 60.9 Å². The number of hydrogen-bond acceptors (Lipinski definition) is 18. The fourth-order valence-electron chi connectivity index (χ4n) is 6.50. The fraction of sp³-hybridized carbons (Fsp3) is 0.771. The highest BCUT2D eigenvalue weighted by atomic mass is 16.2. The van der Waals surface area contributed by atoms with Crippen LogP contribution in [-0.2, 0) is 52.7 Å². The van der Waals surface area contributed by atoms with Crippen LogP contribution in [0.25, 0.3) is 0 Å². The van der Waals surface area contributed by atoms with Gasteiger partial charge < -0.3 is 87.0 Å². The quantitative estimate of drug-likeness (QED) is 0.0344. The molecule has 0 aromatic carbocycles. The highest BCUT2D eigenvalue weighted by molar-refractivity contribution is 5.82. The van der Waals surface area contributed by atoms with Crippen molar-refractivity contribution in [3.8, 4) is 0 Å². The van der Waals surface area contributed by atoms with E-state index in [9.17, 15) is 52.7 Å². The van der Waals surface area contributed by atoms with E-state index in [-0.39, 0.29) is 114 Å². The maximum Gasteiger partial charge on any atom is 0.183 e. The van der Waals surface area contributed by atoms with Crippen molar-refractivity contribution in [3.63, 3.8) is 0 Å². The van der Waals surface area contributed by atoms with Crippen LogP contribution >= 0.6 is 0 Å². The molecule has 0 aliphatic carbocycles. The van der Waals surface area contributed by atoms with Crippen molar-refractivity contribution >= 4 is 63.6 Å². The minimum Gasteiger partial charge on any atom is -0.358 e. The van der Waals surface area contributed by atoms with Gasteiger partial charge in [-0.3, -0.25) is 57.6 Å². The summed E-state index contributed by atoms with van der Waals surface area (Å²) in [6.07, 6.45) is 0.881. The van der Waals surface area contributed by atoms with Crippen molar-refractivity contribution in [1.82, 2.24) is 31.1 Å². The number of nitrogens with two attached hydrogens (primary N) is 1. The Morgan fingerprint density at radius 2 is 0.772 bits per heavy atom. The van der Waals surface area contributed by atoms with E-state index in [2.05, 4.69) is 103 Å². The molecule has 0 rings (SSSR count). The molecule has 2 unspecified atom stereocenters. The Morgan fingerprint density at radius 1 is 0.424 bits per heavy atom. The molecule has 0 heterocycles. The second kappa shape index (κ2) is 83.0. The fourth-order valence-corrected chi connectivity index (χ4v) is 6.50. The molecule has 0 fully saturated rings. The lowest BCUT2D eigenvalue weighted by atomic mass is 10.1. The average Bonchev–Trinajstić information content (AvgIpc) is 3.38. The minimum atomic E-state index is 0. The van der Waals surface area contributed by atoms with Gasteiger partial charge in [0.25, 0.3) is 0 Å². The Hall–Kier alpha value is -4.07. The zero-order valence-electron chi connectivity index (χ0n) is 67.8. The molecule has 0 saturated carbocycles. The first-order valence-corrected chi connectivity index (χ1v) is 31.1. The van der Waals surface area contributed by atoms with Crippen LogP contribution in [0.2, 0.25) is 0 Å². The van der Waals surface area contributed by atoms with Crippen molar-refractivity contribution in [2.75, 3.05) is 195 Å². The van der Waals surface area contributed by atoms with Crippen molar-refractivity contribution < 1.29 is 70.7 Å². The first-order chi connectivity index (χ1) is 39.6. The molecule has 2 atom stereocenters. The molecule has 92 heavy (non-hydrogen) atoms. The molecule has 562 valence electrons. The molecule has 0 aliphatic heterocycles. The molecular formula is C70H160N11O11-. The third-order valence-corrected chi connectivity index (χ3v) is 12.4. The average molecular weight is 1330 g/mol. The number of rotatable bonds is 31. The summed E-state index contributed by atoms with van der Waals surface area (Å²) in [5, 5.41) is 11.3. The minimum absolute atomic E-state index is 0. The number of nitrogens with one attached hydrogen (secondary N) is 4. The van der Waals surface area contributed by atoms with Crippen molar-refractivity contribution in [1.29, 1.82) is 0 Å². The number of carbonyl (C=O) groups excluding carboxylic acids is 11. The summed E-state index contributed by atoms with van der Waals surface area (Å²) in [5.41, 5.74) is 4.82. The Kier molecular flexibility index (Phi) is 116. The van der Waals surface area contributed by atoms with E-state index >= 15 is 0 Å². The van der Waals surface area contributed by atoms with Gasteiger partial charge in [-0.2, -0.15) is 0 Å². The van der Waals surface area contributed by atoms with Crippen LogP contribution in [0.4, 0.5) is 0 Å². The number of hydrogen-bond donors (Lipinski definition) is 5. The molecule has 0 radical (unpaired) electrons. The number of Topliss-reactive ketones (excluding diaryl/α,β-unsaturated/α-hetero) is 11. The van der Waals surface area contributed by atoms with Crippen LogP contribution in [0.15, 0.2) is 0 Å². The SMILES string of the molecule is CC(=O)CN.CC(=O)CN(C)C.CC(=O)C[N+](C)(C)C.CCC(NC)C(C)=O.CCN(CC)CC(C)=O.CCNCC(C)=O.CC[N+](C)(C)CC(C)=O.CC[N+](C)(CC)CC(C)=O.CC[N+](CC)(CC)CC(C)=O.CNC(C)C(C)=O.CNCC(C)=O.[CH3-].[CH3-].[CH3-].[CH3-].[CH3-]. The van der Waals surface area contributed by atoms with E-state index < -0.39 is 0 Å². The lowest BCUT2D eigenvalue weighted by Gasteiger charge is -2.34. The summed E-state index contributed by atoms with van der Waals surface area (Å²) in [7, 11) is 21.3. The molecule has 0 aromatic rings. The Balaban J connectivity index is -0.0000000493. The number of quaternary nitrogens is 4. The number of likely N-dealkylation sites (N-methyl/N-ethyl adjacent to an activating group) is 10. The maximum atomic E-state index is 10.9. The van der Waals surface area contributed by atoms with E-state index in [1.165, 1.54) is 6.92 Å². The van der Waals surface area contributed by atoms with Gasteiger partial charge in [0.05, 0.1) is 126 Å². The molecule has 22 nitrogen and oxygen atoms in total. The summed E-state index contributed by atoms with van der Waals surface area (Å²) in [4.78, 5) is 118. The number of nitrogens with zero attached hydrogens (tertiary/aromatic N) is 6. The Bertz CT molecular complexity index is 1750. The normalized spacial score (nSPS) is 10.3. The van der Waals surface area contributed by atoms with E-state index in [4.69, 9.17) is 5.73 Å². The van der Waals surface area contributed by atoms with E-state index in [0.717, 1.165) is 83.3 Å². The predicted octanol–water partition coefficient (Wildman–Crippen LogP) is 7.04. The molecule has 0 bridgehead atoms. The summed E-state index contributed by atoms with van der Waals surface area (Å²) in [6, 6.07) is 0.0787. The van der Waals surface area contributed by atoms with Gasteiger partial charge in [-0.25, -0.2) is 0 Å².